The van der Waals surface area contributed by atoms with Crippen molar-refractivity contribution in [3.8, 4) is 11.1 Å². The first-order valence-electron chi connectivity index (χ1n) is 6.70. The van der Waals surface area contributed by atoms with Gasteiger partial charge in [-0.15, -0.1) is 0 Å². The van der Waals surface area contributed by atoms with E-state index < -0.39 is 11.9 Å². The number of hydrogen-bond acceptors (Lipinski definition) is 2. The summed E-state index contributed by atoms with van der Waals surface area (Å²) in [6.45, 7) is 1.51. The highest BCUT2D eigenvalue weighted by Gasteiger charge is 2.20. The summed E-state index contributed by atoms with van der Waals surface area (Å²) >= 11 is 12.1. The topological polar surface area (TPSA) is 54.4 Å². The first-order chi connectivity index (χ1) is 10.4. The maximum absolute atomic E-state index is 12.4. The van der Waals surface area contributed by atoms with Crippen molar-refractivity contribution in [2.24, 2.45) is 5.92 Å². The zero-order valence-electron chi connectivity index (χ0n) is 11.8. The molecule has 0 spiro atoms. The summed E-state index contributed by atoms with van der Waals surface area (Å²) in [7, 11) is 0. The van der Waals surface area contributed by atoms with E-state index >= 15 is 0 Å². The molecule has 0 aliphatic rings. The normalized spacial score (nSPS) is 12.0. The highest BCUT2D eigenvalue weighted by molar-refractivity contribution is 6.36. The summed E-state index contributed by atoms with van der Waals surface area (Å²) in [5, 5.41) is 9.91. The molecule has 0 saturated heterocycles. The highest BCUT2D eigenvalue weighted by Crippen LogP contribution is 2.33. The molecule has 2 aromatic rings. The molecule has 0 aliphatic carbocycles. The molecular formula is C17H14Cl2O3. The van der Waals surface area contributed by atoms with Gasteiger partial charge in [0.15, 0.2) is 5.78 Å². The van der Waals surface area contributed by atoms with Crippen molar-refractivity contribution < 1.29 is 14.7 Å². The number of halogens is 2. The maximum Gasteiger partial charge on any atom is 0.306 e. The molecule has 0 amide bonds. The second kappa shape index (κ2) is 6.95. The van der Waals surface area contributed by atoms with Gasteiger partial charge in [-0.3, -0.25) is 9.59 Å². The van der Waals surface area contributed by atoms with E-state index in [1.54, 1.807) is 42.5 Å². The lowest BCUT2D eigenvalue weighted by Crippen LogP contribution is -2.15. The van der Waals surface area contributed by atoms with Crippen molar-refractivity contribution in [1.82, 2.24) is 0 Å². The van der Waals surface area contributed by atoms with Gasteiger partial charge in [-0.1, -0.05) is 60.5 Å². The number of carbonyl (C=O) groups is 2. The number of rotatable bonds is 5. The summed E-state index contributed by atoms with van der Waals surface area (Å²) in [6, 6.07) is 12.1. The van der Waals surface area contributed by atoms with E-state index in [-0.39, 0.29) is 12.2 Å². The van der Waals surface area contributed by atoms with Crippen molar-refractivity contribution in [1.29, 1.82) is 0 Å². The number of benzene rings is 2. The Kier molecular flexibility index (Phi) is 5.22. The Balaban J connectivity index is 2.42. The molecule has 22 heavy (non-hydrogen) atoms. The van der Waals surface area contributed by atoms with Gasteiger partial charge in [0, 0.05) is 27.6 Å². The lowest BCUT2D eigenvalue weighted by molar-refractivity contribution is -0.141. The second-order valence-electron chi connectivity index (χ2n) is 5.04. The molecule has 5 heteroatoms. The van der Waals surface area contributed by atoms with Gasteiger partial charge in [-0.25, -0.2) is 0 Å². The molecule has 0 fully saturated rings. The van der Waals surface area contributed by atoms with E-state index in [9.17, 15) is 9.59 Å². The fourth-order valence-electron chi connectivity index (χ4n) is 2.14. The average molecular weight is 337 g/mol. The molecule has 114 valence electrons. The SMILES string of the molecule is C[C@H](CC(=O)c1ccccc1-c1ccc(Cl)cc1Cl)C(=O)O. The van der Waals surface area contributed by atoms with E-state index in [1.807, 2.05) is 0 Å². The monoisotopic (exact) mass is 336 g/mol. The Morgan fingerprint density at radius 1 is 1.09 bits per heavy atom. The van der Waals surface area contributed by atoms with Crippen molar-refractivity contribution in [2.45, 2.75) is 13.3 Å². The van der Waals surface area contributed by atoms with E-state index in [2.05, 4.69) is 0 Å². The molecule has 0 saturated carbocycles. The molecule has 0 heterocycles. The van der Waals surface area contributed by atoms with Crippen molar-refractivity contribution in [3.63, 3.8) is 0 Å². The summed E-state index contributed by atoms with van der Waals surface area (Å²) in [4.78, 5) is 23.3. The first-order valence-corrected chi connectivity index (χ1v) is 7.46. The smallest absolute Gasteiger partial charge is 0.306 e. The minimum absolute atomic E-state index is 0.0580. The minimum Gasteiger partial charge on any atom is -0.481 e. The van der Waals surface area contributed by atoms with E-state index in [1.165, 1.54) is 6.92 Å². The number of aliphatic carboxylic acids is 1. The Bertz CT molecular complexity index is 726. The molecule has 1 N–H and O–H groups in total. The van der Waals surface area contributed by atoms with Crippen molar-refractivity contribution >= 4 is 35.0 Å². The summed E-state index contributed by atoms with van der Waals surface area (Å²) in [5.41, 5.74) is 1.82. The second-order valence-corrected chi connectivity index (χ2v) is 5.88. The zero-order chi connectivity index (χ0) is 16.3. The van der Waals surface area contributed by atoms with Crippen LogP contribution in [0.5, 0.6) is 0 Å². The lowest BCUT2D eigenvalue weighted by atomic mass is 9.93. The Labute approximate surface area is 138 Å². The standard InChI is InChI=1S/C17H14Cl2O3/c1-10(17(21)22)8-16(20)14-5-3-2-4-12(14)13-7-6-11(18)9-15(13)19/h2-7,9-10H,8H2,1H3,(H,21,22)/t10-/m1/s1. The van der Waals surface area contributed by atoms with Gasteiger partial charge in [-0.05, 0) is 17.7 Å². The van der Waals surface area contributed by atoms with Crippen LogP contribution >= 0.6 is 23.2 Å². The van der Waals surface area contributed by atoms with Gasteiger partial charge in [0.05, 0.1) is 5.92 Å². The zero-order valence-corrected chi connectivity index (χ0v) is 13.4. The molecule has 2 aromatic carbocycles. The van der Waals surface area contributed by atoms with Crippen LogP contribution < -0.4 is 0 Å². The van der Waals surface area contributed by atoms with Crippen LogP contribution in [-0.2, 0) is 4.79 Å². The molecular weight excluding hydrogens is 323 g/mol. The van der Waals surface area contributed by atoms with Crippen LogP contribution in [0, 0.1) is 5.92 Å². The van der Waals surface area contributed by atoms with Crippen LogP contribution in [0.1, 0.15) is 23.7 Å². The summed E-state index contributed by atoms with van der Waals surface area (Å²) in [6.07, 6.45) is -0.0580. The third-order valence-corrected chi connectivity index (χ3v) is 3.91. The molecule has 2 rings (SSSR count). The van der Waals surface area contributed by atoms with Crippen LogP contribution in [0.2, 0.25) is 10.0 Å². The molecule has 0 unspecified atom stereocenters. The maximum atomic E-state index is 12.4. The van der Waals surface area contributed by atoms with E-state index in [4.69, 9.17) is 28.3 Å². The predicted molar refractivity (Wildman–Crippen MR) is 87.6 cm³/mol. The van der Waals surface area contributed by atoms with E-state index in [0.717, 1.165) is 0 Å². The Morgan fingerprint density at radius 3 is 2.41 bits per heavy atom. The average Bonchev–Trinajstić information content (AvgIpc) is 2.47. The Hall–Kier alpha value is -1.84. The van der Waals surface area contributed by atoms with Crippen LogP contribution in [0.15, 0.2) is 42.5 Å². The molecule has 3 nitrogen and oxygen atoms in total. The molecule has 0 aliphatic heterocycles. The van der Waals surface area contributed by atoms with Crippen LogP contribution in [0.3, 0.4) is 0 Å². The quantitative estimate of drug-likeness (QED) is 0.785. The minimum atomic E-state index is -0.990. The highest BCUT2D eigenvalue weighted by atomic mass is 35.5. The first kappa shape index (κ1) is 16.5. The fourth-order valence-corrected chi connectivity index (χ4v) is 2.65. The van der Waals surface area contributed by atoms with Crippen molar-refractivity contribution in [2.75, 3.05) is 0 Å². The van der Waals surface area contributed by atoms with Crippen molar-refractivity contribution in [3.05, 3.63) is 58.1 Å². The van der Waals surface area contributed by atoms with Gasteiger partial charge in [0.2, 0.25) is 0 Å². The van der Waals surface area contributed by atoms with Gasteiger partial charge in [-0.2, -0.15) is 0 Å². The summed E-state index contributed by atoms with van der Waals surface area (Å²) in [5.74, 6) is -1.95. The predicted octanol–water partition coefficient (Wildman–Crippen LogP) is 4.95. The van der Waals surface area contributed by atoms with Gasteiger partial charge < -0.3 is 5.11 Å². The Morgan fingerprint density at radius 2 is 1.77 bits per heavy atom. The largest absolute Gasteiger partial charge is 0.481 e. The summed E-state index contributed by atoms with van der Waals surface area (Å²) < 4.78 is 0. The van der Waals surface area contributed by atoms with Gasteiger partial charge in [0.1, 0.15) is 0 Å². The number of carboxylic acid groups (broad SMARTS) is 1. The molecule has 0 bridgehead atoms. The molecule has 0 radical (unpaired) electrons. The van der Waals surface area contributed by atoms with Crippen LogP contribution in [-0.4, -0.2) is 16.9 Å². The van der Waals surface area contributed by atoms with Crippen LogP contribution in [0.25, 0.3) is 11.1 Å². The van der Waals surface area contributed by atoms with Gasteiger partial charge >= 0.3 is 5.97 Å². The number of hydrogen-bond donors (Lipinski definition) is 1. The number of carboxylic acids is 1. The van der Waals surface area contributed by atoms with Crippen LogP contribution in [0.4, 0.5) is 0 Å². The molecule has 0 aromatic heterocycles. The van der Waals surface area contributed by atoms with E-state index in [0.29, 0.717) is 26.7 Å². The number of ketones is 1. The lowest BCUT2D eigenvalue weighted by Gasteiger charge is -2.12. The third-order valence-electron chi connectivity index (χ3n) is 3.36. The third kappa shape index (κ3) is 3.67. The number of carbonyl (C=O) groups excluding carboxylic acids is 1. The molecule has 1 atom stereocenters. The number of Topliss-reactive ketones (excluding diaryl/α,β-unsaturated/α-hetero) is 1. The fraction of sp³-hybridized carbons (Fsp3) is 0.176. The van der Waals surface area contributed by atoms with Gasteiger partial charge in [0.25, 0.3) is 0 Å².